The summed E-state index contributed by atoms with van der Waals surface area (Å²) in [5, 5.41) is 14.9. The Balaban J connectivity index is 1.37. The fourth-order valence-corrected chi connectivity index (χ4v) is 6.28. The van der Waals surface area contributed by atoms with Gasteiger partial charge in [0.05, 0.1) is 24.5 Å². The van der Waals surface area contributed by atoms with Crippen molar-refractivity contribution in [2.24, 2.45) is 10.9 Å². The summed E-state index contributed by atoms with van der Waals surface area (Å²) in [6.07, 6.45) is 3.42. The van der Waals surface area contributed by atoms with Crippen LogP contribution in [0.2, 0.25) is 0 Å². The summed E-state index contributed by atoms with van der Waals surface area (Å²) in [4.78, 5) is 44.9. The van der Waals surface area contributed by atoms with E-state index in [-0.39, 0.29) is 35.6 Å². The number of hydrogen-bond donors (Lipinski definition) is 2. The zero-order valence-corrected chi connectivity index (χ0v) is 23.2. The number of aromatic nitrogens is 3. The highest BCUT2D eigenvalue weighted by atomic mass is 32.2. The van der Waals surface area contributed by atoms with Crippen LogP contribution in [-0.2, 0) is 5.54 Å². The summed E-state index contributed by atoms with van der Waals surface area (Å²) in [5.41, 5.74) is 0.158. The molecule has 2 amide bonds. The zero-order valence-electron chi connectivity index (χ0n) is 22.4. The number of amides is 2. The second-order valence-corrected chi connectivity index (χ2v) is 11.0. The van der Waals surface area contributed by atoms with Crippen LogP contribution in [-0.4, -0.2) is 50.8 Å². The Hall–Kier alpha value is -5.22. The van der Waals surface area contributed by atoms with Crippen molar-refractivity contribution in [1.29, 1.82) is 5.26 Å². The minimum Gasteiger partial charge on any atom is -0.338 e. The van der Waals surface area contributed by atoms with Crippen LogP contribution in [0.25, 0.3) is 0 Å². The van der Waals surface area contributed by atoms with Gasteiger partial charge in [-0.25, -0.2) is 28.7 Å². The van der Waals surface area contributed by atoms with E-state index >= 15 is 4.39 Å². The molecule has 43 heavy (non-hydrogen) atoms. The molecular weight excluding hydrogens is 574 g/mol. The number of pyridine rings is 1. The normalized spacial score (nSPS) is 19.1. The van der Waals surface area contributed by atoms with Crippen molar-refractivity contribution in [2.45, 2.75) is 5.54 Å². The molecule has 2 unspecified atom stereocenters. The van der Waals surface area contributed by atoms with Gasteiger partial charge in [-0.1, -0.05) is 30.0 Å². The van der Waals surface area contributed by atoms with E-state index in [1.54, 1.807) is 30.3 Å². The van der Waals surface area contributed by atoms with Crippen LogP contribution in [0.3, 0.4) is 0 Å². The van der Waals surface area contributed by atoms with Gasteiger partial charge in [-0.2, -0.15) is 5.26 Å². The van der Waals surface area contributed by atoms with E-state index in [0.29, 0.717) is 34.3 Å². The highest BCUT2D eigenvalue weighted by molar-refractivity contribution is 8.13. The number of thioether (sulfide) groups is 1. The van der Waals surface area contributed by atoms with E-state index in [1.807, 2.05) is 11.0 Å². The van der Waals surface area contributed by atoms with E-state index in [4.69, 9.17) is 10.3 Å². The number of amidine groups is 1. The van der Waals surface area contributed by atoms with Gasteiger partial charge in [-0.15, -0.1) is 0 Å². The molecule has 2 aliphatic heterocycles. The summed E-state index contributed by atoms with van der Waals surface area (Å²) in [6.45, 7) is 0.535. The van der Waals surface area contributed by atoms with E-state index in [1.165, 1.54) is 48.3 Å². The summed E-state index contributed by atoms with van der Waals surface area (Å²) < 4.78 is 29.3. The predicted molar refractivity (Wildman–Crippen MR) is 156 cm³/mol. The molecule has 2 aromatic heterocycles. The molecular formula is C30H22F2N8O2S. The third-order valence-electron chi connectivity index (χ3n) is 7.23. The van der Waals surface area contributed by atoms with Gasteiger partial charge in [0.15, 0.2) is 11.0 Å². The van der Waals surface area contributed by atoms with Gasteiger partial charge >= 0.3 is 0 Å². The molecule has 10 nitrogen and oxygen atoms in total. The van der Waals surface area contributed by atoms with Crippen molar-refractivity contribution < 1.29 is 18.4 Å². The number of carbonyl (C=O) groups is 2. The number of nitriles is 1. The van der Waals surface area contributed by atoms with Gasteiger partial charge in [0, 0.05) is 41.2 Å². The van der Waals surface area contributed by atoms with Crippen LogP contribution in [0.15, 0.2) is 84.2 Å². The lowest BCUT2D eigenvalue weighted by atomic mass is 9.81. The lowest BCUT2D eigenvalue weighted by molar-refractivity contribution is 0.0976. The van der Waals surface area contributed by atoms with Gasteiger partial charge in [0.2, 0.25) is 5.95 Å². The Bertz CT molecular complexity index is 1760. The number of aliphatic imine (C=N–C) groups is 1. The Morgan fingerprint density at radius 1 is 0.977 bits per heavy atom. The number of carbonyl (C=O) groups excluding carboxylic acids is 2. The van der Waals surface area contributed by atoms with Crippen LogP contribution in [0, 0.1) is 28.9 Å². The Morgan fingerprint density at radius 3 is 2.49 bits per heavy atom. The highest BCUT2D eigenvalue weighted by Gasteiger charge is 2.52. The molecule has 2 aromatic carbocycles. The largest absolute Gasteiger partial charge is 0.338 e. The van der Waals surface area contributed by atoms with Gasteiger partial charge in [-0.3, -0.25) is 9.59 Å². The summed E-state index contributed by atoms with van der Waals surface area (Å²) in [5.74, 6) is -1.52. The van der Waals surface area contributed by atoms with Crippen molar-refractivity contribution in [3.05, 3.63) is 113 Å². The van der Waals surface area contributed by atoms with Gasteiger partial charge in [0.1, 0.15) is 23.1 Å². The monoisotopic (exact) mass is 596 g/mol. The fourth-order valence-electron chi connectivity index (χ4n) is 5.15. The lowest BCUT2D eigenvalue weighted by Gasteiger charge is -2.35. The highest BCUT2D eigenvalue weighted by Crippen LogP contribution is 2.47. The first-order chi connectivity index (χ1) is 20.8. The number of nitrogens with zero attached hydrogens (tertiary/aromatic N) is 6. The molecule has 0 spiro atoms. The molecule has 1 fully saturated rings. The average molecular weight is 597 g/mol. The van der Waals surface area contributed by atoms with Crippen molar-refractivity contribution >= 4 is 40.4 Å². The van der Waals surface area contributed by atoms with E-state index in [2.05, 4.69) is 25.6 Å². The Kier molecular flexibility index (Phi) is 7.52. The lowest BCUT2D eigenvalue weighted by Crippen LogP contribution is -2.43. The predicted octanol–water partition coefficient (Wildman–Crippen LogP) is 4.14. The topological polar surface area (TPSA) is 136 Å². The molecule has 0 saturated carbocycles. The van der Waals surface area contributed by atoms with Crippen LogP contribution in [0.5, 0.6) is 0 Å². The van der Waals surface area contributed by atoms with Crippen LogP contribution >= 0.6 is 11.8 Å². The molecule has 0 bridgehead atoms. The first-order valence-corrected chi connectivity index (χ1v) is 14.1. The van der Waals surface area contributed by atoms with Crippen LogP contribution in [0.1, 0.15) is 32.0 Å². The number of anilines is 2. The molecule has 1 saturated heterocycles. The number of fused-ring (bicyclic) bond motifs is 1. The number of benzene rings is 2. The summed E-state index contributed by atoms with van der Waals surface area (Å²) in [6, 6.07) is 17.7. The van der Waals surface area contributed by atoms with E-state index in [9.17, 15) is 14.0 Å². The molecule has 0 radical (unpaired) electrons. The van der Waals surface area contributed by atoms with Gasteiger partial charge in [0.25, 0.3) is 11.8 Å². The minimum atomic E-state index is -1.19. The molecule has 4 aromatic rings. The maximum absolute atomic E-state index is 15.7. The van der Waals surface area contributed by atoms with E-state index in [0.717, 1.165) is 12.4 Å². The molecule has 4 heterocycles. The Morgan fingerprint density at radius 2 is 1.77 bits per heavy atom. The summed E-state index contributed by atoms with van der Waals surface area (Å²) in [7, 11) is 0. The second kappa shape index (κ2) is 11.6. The van der Waals surface area contributed by atoms with Crippen LogP contribution in [0.4, 0.5) is 20.4 Å². The smallest absolute Gasteiger partial charge is 0.274 e. The van der Waals surface area contributed by atoms with Crippen molar-refractivity contribution in [3.63, 3.8) is 0 Å². The maximum atomic E-state index is 15.7. The van der Waals surface area contributed by atoms with Crippen molar-refractivity contribution in [2.75, 3.05) is 29.1 Å². The number of nitrogens with one attached hydrogen (secondary N) is 2. The first kappa shape index (κ1) is 27.9. The minimum absolute atomic E-state index is 0.0828. The van der Waals surface area contributed by atoms with Crippen molar-refractivity contribution in [1.82, 2.24) is 20.3 Å². The molecule has 214 valence electrons. The molecule has 6 rings (SSSR count). The molecule has 0 aliphatic carbocycles. The van der Waals surface area contributed by atoms with Gasteiger partial charge in [-0.05, 0) is 42.5 Å². The quantitative estimate of drug-likeness (QED) is 0.351. The number of rotatable bonds is 5. The molecule has 13 heteroatoms. The van der Waals surface area contributed by atoms with E-state index < -0.39 is 23.1 Å². The van der Waals surface area contributed by atoms with Gasteiger partial charge < -0.3 is 15.5 Å². The average Bonchev–Trinajstić information content (AvgIpc) is 3.42. The zero-order chi connectivity index (χ0) is 30.0. The molecule has 2 N–H and O–H groups in total. The number of halogens is 2. The maximum Gasteiger partial charge on any atom is 0.274 e. The standard InChI is InChI=1S/C30H22F2N8O2S/c31-21-13-35-28(36-14-21)40-15-20-16-43-29(38-26(41)19-4-2-1-3-5-19)39-30(20,17-40)23-10-22(7-8-24(23)32)37-27(42)25-9-6-18(11-33)12-34-25/h1-10,12-14,20H,15-17H2,(H,37,42)(H,38,39,41). The van der Waals surface area contributed by atoms with Crippen LogP contribution < -0.4 is 15.5 Å². The molecule has 2 atom stereocenters. The third-order valence-corrected chi connectivity index (χ3v) is 8.27. The third kappa shape index (κ3) is 5.64. The van der Waals surface area contributed by atoms with Crippen molar-refractivity contribution in [3.8, 4) is 6.07 Å². The summed E-state index contributed by atoms with van der Waals surface area (Å²) >= 11 is 1.34. The SMILES string of the molecule is N#Cc1ccc(C(=O)Nc2ccc(F)c(C34CN(c5ncc(F)cn5)CC3CSC(NC(=O)c3ccccc3)=N4)c2)nc1. The first-order valence-electron chi connectivity index (χ1n) is 13.1. The number of hydrogen-bond acceptors (Lipinski definition) is 9. The fraction of sp³-hybridized carbons (Fsp3) is 0.167. The Labute approximate surface area is 248 Å². The molecule has 2 aliphatic rings. The second-order valence-electron chi connectivity index (χ2n) is 9.94.